The van der Waals surface area contributed by atoms with Gasteiger partial charge in [-0.1, -0.05) is 172 Å². The highest BCUT2D eigenvalue weighted by Gasteiger charge is 2.47. The molecule has 0 radical (unpaired) electrons. The Morgan fingerprint density at radius 1 is 0.481 bits per heavy atom. The summed E-state index contributed by atoms with van der Waals surface area (Å²) in [6.45, 7) is 4.89. The van der Waals surface area contributed by atoms with E-state index >= 15 is 0 Å². The summed E-state index contributed by atoms with van der Waals surface area (Å²) < 4.78 is 2.63. The molecular weight excluding hydrogens is 651 g/mol. The third-order valence-corrected chi connectivity index (χ3v) is 13.1. The van der Waals surface area contributed by atoms with Gasteiger partial charge in [0.1, 0.15) is 0 Å². The van der Waals surface area contributed by atoms with E-state index in [1.807, 2.05) is 0 Å². The second kappa shape index (κ2) is 10.6. The van der Waals surface area contributed by atoms with Crippen LogP contribution < -0.4 is 0 Å². The smallest absolute Gasteiger partial charge is 0.0714 e. The topological polar surface area (TPSA) is 4.93 Å². The molecule has 54 heavy (non-hydrogen) atoms. The third-order valence-electron chi connectivity index (χ3n) is 13.1. The zero-order valence-corrected chi connectivity index (χ0v) is 30.4. The molecule has 0 fully saturated rings. The van der Waals surface area contributed by atoms with E-state index in [2.05, 4.69) is 194 Å². The molecule has 0 spiro atoms. The summed E-state index contributed by atoms with van der Waals surface area (Å²) in [4.78, 5) is 0. The lowest BCUT2D eigenvalue weighted by Crippen LogP contribution is -2.28. The number of hydrogen-bond donors (Lipinski definition) is 0. The number of rotatable bonds is 3. The minimum absolute atomic E-state index is 0.201. The van der Waals surface area contributed by atoms with E-state index in [1.54, 1.807) is 0 Å². The largest absolute Gasteiger partial charge is 0.309 e. The molecule has 254 valence electrons. The Bertz CT molecular complexity index is 2990. The first kappa shape index (κ1) is 30.1. The molecule has 0 amide bonds. The van der Waals surface area contributed by atoms with Crippen LogP contribution in [0.5, 0.6) is 0 Å². The van der Waals surface area contributed by atoms with Crippen molar-refractivity contribution in [3.63, 3.8) is 0 Å². The van der Waals surface area contributed by atoms with Gasteiger partial charge in [-0.2, -0.15) is 0 Å². The first-order chi connectivity index (χ1) is 26.6. The van der Waals surface area contributed by atoms with Gasteiger partial charge in [0.2, 0.25) is 0 Å². The van der Waals surface area contributed by atoms with Gasteiger partial charge in [-0.25, -0.2) is 0 Å². The highest BCUT2D eigenvalue weighted by atomic mass is 15.0. The van der Waals surface area contributed by atoms with E-state index in [-0.39, 0.29) is 5.41 Å². The van der Waals surface area contributed by atoms with E-state index < -0.39 is 5.41 Å². The Morgan fingerprint density at radius 3 is 1.83 bits per heavy atom. The lowest BCUT2D eigenvalue weighted by Gasteiger charge is -2.34. The van der Waals surface area contributed by atoms with Crippen LogP contribution in [0.3, 0.4) is 0 Å². The Hall–Kier alpha value is -6.44. The molecular formula is C53H37N. The van der Waals surface area contributed by atoms with Crippen molar-refractivity contribution in [3.05, 3.63) is 220 Å². The van der Waals surface area contributed by atoms with Crippen LogP contribution in [0, 0.1) is 0 Å². The highest BCUT2D eigenvalue weighted by Crippen LogP contribution is 2.61. The molecule has 8 aromatic carbocycles. The minimum atomic E-state index is -0.469. The van der Waals surface area contributed by atoms with Crippen molar-refractivity contribution in [2.45, 2.75) is 31.1 Å². The van der Waals surface area contributed by atoms with Gasteiger partial charge >= 0.3 is 0 Å². The van der Waals surface area contributed by atoms with Crippen molar-refractivity contribution in [2.24, 2.45) is 0 Å². The van der Waals surface area contributed by atoms with Crippen LogP contribution in [0.4, 0.5) is 0 Å². The van der Waals surface area contributed by atoms with Crippen LogP contribution in [0.15, 0.2) is 176 Å². The van der Waals surface area contributed by atoms with Gasteiger partial charge in [-0.15, -0.1) is 0 Å². The summed E-state index contributed by atoms with van der Waals surface area (Å²) in [5, 5.41) is 2.73. The maximum Gasteiger partial charge on any atom is 0.0714 e. The Labute approximate surface area is 315 Å². The Balaban J connectivity index is 1.25. The number of aromatic nitrogens is 1. The summed E-state index contributed by atoms with van der Waals surface area (Å²) in [7, 11) is 0. The van der Waals surface area contributed by atoms with E-state index in [4.69, 9.17) is 0 Å². The predicted octanol–water partition coefficient (Wildman–Crippen LogP) is 13.0. The number of hydrogen-bond acceptors (Lipinski definition) is 0. The van der Waals surface area contributed by atoms with E-state index in [1.165, 1.54) is 105 Å². The zero-order chi connectivity index (χ0) is 35.8. The number of para-hydroxylation sites is 1. The molecule has 1 nitrogen and oxygen atoms in total. The van der Waals surface area contributed by atoms with Gasteiger partial charge in [0.15, 0.2) is 0 Å². The normalized spacial score (nSPS) is 15.1. The maximum absolute atomic E-state index is 2.63. The van der Waals surface area contributed by atoms with Crippen LogP contribution in [0.2, 0.25) is 0 Å². The number of fused-ring (bicyclic) bond motifs is 15. The van der Waals surface area contributed by atoms with Crippen LogP contribution in [0.1, 0.15) is 58.4 Å². The average Bonchev–Trinajstić information content (AvgIpc) is 3.93. The first-order valence-electron chi connectivity index (χ1n) is 19.2. The van der Waals surface area contributed by atoms with Gasteiger partial charge in [-0.3, -0.25) is 0 Å². The molecule has 0 saturated heterocycles. The fourth-order valence-electron chi connectivity index (χ4n) is 11.0. The van der Waals surface area contributed by atoms with Gasteiger partial charge in [0.25, 0.3) is 0 Å². The van der Waals surface area contributed by atoms with Crippen LogP contribution in [0.25, 0.3) is 60.9 Å². The van der Waals surface area contributed by atoms with Gasteiger partial charge in [0, 0.05) is 21.9 Å². The summed E-state index contributed by atoms with van der Waals surface area (Å²) >= 11 is 0. The van der Waals surface area contributed by atoms with E-state index in [0.29, 0.717) is 0 Å². The molecule has 1 heterocycles. The number of nitrogens with zero attached hydrogens (tertiary/aromatic N) is 1. The van der Waals surface area contributed by atoms with Gasteiger partial charge in [-0.05, 0) is 103 Å². The minimum Gasteiger partial charge on any atom is -0.309 e. The Kier molecular flexibility index (Phi) is 5.89. The molecule has 0 aliphatic heterocycles. The Morgan fingerprint density at radius 2 is 1.07 bits per heavy atom. The van der Waals surface area contributed by atoms with Crippen molar-refractivity contribution in [2.75, 3.05) is 0 Å². The highest BCUT2D eigenvalue weighted by molar-refractivity contribution is 6.19. The summed E-state index contributed by atoms with van der Waals surface area (Å²) in [6.07, 6.45) is 0.941. The predicted molar refractivity (Wildman–Crippen MR) is 224 cm³/mol. The summed E-state index contributed by atoms with van der Waals surface area (Å²) in [5.74, 6) is 0. The molecule has 12 rings (SSSR count). The summed E-state index contributed by atoms with van der Waals surface area (Å²) in [5.41, 5.74) is 22.3. The van der Waals surface area contributed by atoms with Crippen molar-refractivity contribution < 1.29 is 0 Å². The monoisotopic (exact) mass is 687 g/mol. The van der Waals surface area contributed by atoms with Crippen LogP contribution >= 0.6 is 0 Å². The standard InChI is InChI=1S/C53H37N/c1-52(2)43-26-14-12-24-40(43)49-47-37-22-10-9-17-33(37)31-42(47)48-41-25-13-16-28-46(41)54(51(48)50(49)52)36-29-30-39-38-23-11-15-27-44(38)53(45(39)32-36,34-18-5-3-6-19-34)35-20-7-4-8-21-35/h3-30,32H,31H2,1-2H3. The quantitative estimate of drug-likeness (QED) is 0.174. The maximum atomic E-state index is 2.63. The van der Waals surface area contributed by atoms with Crippen molar-refractivity contribution in [3.8, 4) is 39.1 Å². The molecule has 1 aromatic heterocycles. The molecule has 0 N–H and O–H groups in total. The number of benzene rings is 8. The lowest BCUT2D eigenvalue weighted by molar-refractivity contribution is 0.664. The fraction of sp³-hybridized carbons (Fsp3) is 0.0943. The van der Waals surface area contributed by atoms with Crippen LogP contribution in [-0.2, 0) is 17.3 Å². The third kappa shape index (κ3) is 3.60. The van der Waals surface area contributed by atoms with E-state index in [9.17, 15) is 0 Å². The second-order valence-electron chi connectivity index (χ2n) is 15.9. The molecule has 1 heteroatoms. The van der Waals surface area contributed by atoms with Crippen molar-refractivity contribution in [1.29, 1.82) is 0 Å². The molecule has 0 bridgehead atoms. The molecule has 0 atom stereocenters. The molecule has 3 aliphatic carbocycles. The molecule has 9 aromatic rings. The molecule has 3 aliphatic rings. The SMILES string of the molecule is CC1(C)c2ccccc2-c2c3c(c4c5ccccc5n(-c5ccc6c(c5)C(c5ccccc5)(c5ccccc5)c5ccccc5-6)c4c21)Cc1ccccc1-3. The fourth-order valence-corrected chi connectivity index (χ4v) is 11.0. The zero-order valence-electron chi connectivity index (χ0n) is 30.4. The molecule has 0 unspecified atom stereocenters. The average molecular weight is 688 g/mol. The second-order valence-corrected chi connectivity index (χ2v) is 15.9. The first-order valence-corrected chi connectivity index (χ1v) is 19.2. The van der Waals surface area contributed by atoms with Crippen molar-refractivity contribution >= 4 is 21.8 Å². The van der Waals surface area contributed by atoms with E-state index in [0.717, 1.165) is 6.42 Å². The van der Waals surface area contributed by atoms with Crippen LogP contribution in [-0.4, -0.2) is 4.57 Å². The molecule has 0 saturated carbocycles. The van der Waals surface area contributed by atoms with Crippen molar-refractivity contribution in [1.82, 2.24) is 4.57 Å². The van der Waals surface area contributed by atoms with Gasteiger partial charge < -0.3 is 4.57 Å². The lowest BCUT2D eigenvalue weighted by atomic mass is 9.67. The summed E-state index contributed by atoms with van der Waals surface area (Å²) in [6, 6.07) is 66.1. The van der Waals surface area contributed by atoms with Gasteiger partial charge in [0.05, 0.1) is 16.4 Å².